The topological polar surface area (TPSA) is 58.2 Å². The highest BCUT2D eigenvalue weighted by Crippen LogP contribution is 2.25. The van der Waals surface area contributed by atoms with Crippen molar-refractivity contribution in [2.45, 2.75) is 38.5 Å². The van der Waals surface area contributed by atoms with Crippen molar-refractivity contribution >= 4 is 11.8 Å². The van der Waals surface area contributed by atoms with Crippen molar-refractivity contribution in [1.82, 2.24) is 10.6 Å². The summed E-state index contributed by atoms with van der Waals surface area (Å²) >= 11 is 0. The number of nitrogens with one attached hydrogen (secondary N) is 2. The van der Waals surface area contributed by atoms with Crippen LogP contribution in [0.5, 0.6) is 0 Å². The van der Waals surface area contributed by atoms with E-state index in [4.69, 9.17) is 0 Å². The second kappa shape index (κ2) is 6.95. The van der Waals surface area contributed by atoms with E-state index in [-0.39, 0.29) is 11.8 Å². The van der Waals surface area contributed by atoms with E-state index >= 15 is 0 Å². The zero-order valence-corrected chi connectivity index (χ0v) is 12.9. The Morgan fingerprint density at radius 1 is 0.773 bits per heavy atom. The minimum Gasteiger partial charge on any atom is -0.352 e. The molecule has 3 rings (SSSR count). The lowest BCUT2D eigenvalue weighted by Gasteiger charge is -2.25. The Bertz CT molecular complexity index is 482. The lowest BCUT2D eigenvalue weighted by molar-refractivity contribution is 0.0927. The van der Waals surface area contributed by atoms with E-state index < -0.39 is 0 Å². The molecule has 0 spiro atoms. The summed E-state index contributed by atoms with van der Waals surface area (Å²) in [5.41, 5.74) is 1.24. The lowest BCUT2D eigenvalue weighted by atomic mass is 9.85. The Hall–Kier alpha value is -1.84. The number of benzene rings is 1. The summed E-state index contributed by atoms with van der Waals surface area (Å²) in [7, 11) is 0. The predicted molar refractivity (Wildman–Crippen MR) is 85.8 cm³/mol. The molecular formula is C18H24N2O2. The monoisotopic (exact) mass is 300 g/mol. The highest BCUT2D eigenvalue weighted by Gasteiger charge is 2.19. The molecule has 22 heavy (non-hydrogen) atoms. The minimum absolute atomic E-state index is 0.0478. The third-order valence-corrected chi connectivity index (χ3v) is 4.96. The van der Waals surface area contributed by atoms with Crippen LogP contribution in [0.25, 0.3) is 0 Å². The van der Waals surface area contributed by atoms with E-state index in [0.29, 0.717) is 23.0 Å². The maximum absolute atomic E-state index is 12.0. The smallest absolute Gasteiger partial charge is 0.251 e. The van der Waals surface area contributed by atoms with E-state index in [0.717, 1.165) is 13.1 Å². The molecule has 0 heterocycles. The standard InChI is InChI=1S/C18H24N2O2/c21-17(19-11-13-3-1-4-13)15-7-9-16(10-8-15)18(22)20-12-14-5-2-6-14/h7-10,13-14H,1-6,11-12H2,(H,19,21)(H,20,22). The van der Waals surface area contributed by atoms with Gasteiger partial charge >= 0.3 is 0 Å². The van der Waals surface area contributed by atoms with Crippen LogP contribution in [0.1, 0.15) is 59.2 Å². The number of hydrogen-bond acceptors (Lipinski definition) is 2. The van der Waals surface area contributed by atoms with Gasteiger partial charge in [-0.05, 0) is 61.8 Å². The summed E-state index contributed by atoms with van der Waals surface area (Å²) in [6, 6.07) is 6.92. The van der Waals surface area contributed by atoms with Gasteiger partial charge in [0, 0.05) is 24.2 Å². The van der Waals surface area contributed by atoms with Crippen molar-refractivity contribution in [2.24, 2.45) is 11.8 Å². The Kier molecular flexibility index (Phi) is 4.76. The van der Waals surface area contributed by atoms with Crippen molar-refractivity contribution in [3.63, 3.8) is 0 Å². The number of amides is 2. The normalized spacial score (nSPS) is 18.2. The van der Waals surface area contributed by atoms with Gasteiger partial charge in [0.05, 0.1) is 0 Å². The number of rotatable bonds is 6. The van der Waals surface area contributed by atoms with Crippen LogP contribution < -0.4 is 10.6 Å². The van der Waals surface area contributed by atoms with Gasteiger partial charge in [0.15, 0.2) is 0 Å². The van der Waals surface area contributed by atoms with Crippen molar-refractivity contribution < 1.29 is 9.59 Å². The molecule has 0 radical (unpaired) electrons. The zero-order valence-electron chi connectivity index (χ0n) is 12.9. The van der Waals surface area contributed by atoms with Gasteiger partial charge in [0.1, 0.15) is 0 Å². The molecule has 4 heteroatoms. The quantitative estimate of drug-likeness (QED) is 0.848. The van der Waals surface area contributed by atoms with E-state index in [1.54, 1.807) is 24.3 Å². The fourth-order valence-corrected chi connectivity index (χ4v) is 2.85. The van der Waals surface area contributed by atoms with Crippen LogP contribution in [0.4, 0.5) is 0 Å². The molecule has 2 amide bonds. The SMILES string of the molecule is O=C(NCC1CCC1)c1ccc(C(=O)NCC2CCC2)cc1. The number of carbonyl (C=O) groups excluding carboxylic acids is 2. The Balaban J connectivity index is 1.47. The summed E-state index contributed by atoms with van der Waals surface area (Å²) in [5.74, 6) is 1.21. The van der Waals surface area contributed by atoms with Crippen LogP contribution >= 0.6 is 0 Å². The Morgan fingerprint density at radius 3 is 1.41 bits per heavy atom. The highest BCUT2D eigenvalue weighted by atomic mass is 16.2. The van der Waals surface area contributed by atoms with E-state index in [9.17, 15) is 9.59 Å². The molecule has 0 bridgehead atoms. The fraction of sp³-hybridized carbons (Fsp3) is 0.556. The van der Waals surface area contributed by atoms with Gasteiger partial charge in [-0.15, -0.1) is 0 Å². The molecule has 0 atom stereocenters. The molecule has 0 saturated heterocycles. The first-order valence-electron chi connectivity index (χ1n) is 8.39. The average molecular weight is 300 g/mol. The van der Waals surface area contributed by atoms with Crippen molar-refractivity contribution in [1.29, 1.82) is 0 Å². The van der Waals surface area contributed by atoms with Crippen molar-refractivity contribution in [3.8, 4) is 0 Å². The molecule has 2 N–H and O–H groups in total. The van der Waals surface area contributed by atoms with Crippen LogP contribution in [0.3, 0.4) is 0 Å². The van der Waals surface area contributed by atoms with Gasteiger partial charge in [-0.25, -0.2) is 0 Å². The molecule has 2 saturated carbocycles. The second-order valence-electron chi connectivity index (χ2n) is 6.59. The average Bonchev–Trinajstić information content (AvgIpc) is 2.44. The van der Waals surface area contributed by atoms with Crippen LogP contribution in [-0.2, 0) is 0 Å². The summed E-state index contributed by atoms with van der Waals surface area (Å²) in [4.78, 5) is 24.0. The molecule has 2 aliphatic carbocycles. The van der Waals surface area contributed by atoms with E-state index in [2.05, 4.69) is 10.6 Å². The molecule has 2 aliphatic rings. The van der Waals surface area contributed by atoms with Crippen molar-refractivity contribution in [3.05, 3.63) is 35.4 Å². The molecule has 118 valence electrons. The molecule has 0 unspecified atom stereocenters. The van der Waals surface area contributed by atoms with Crippen LogP contribution in [0.15, 0.2) is 24.3 Å². The van der Waals surface area contributed by atoms with Gasteiger partial charge in [0.25, 0.3) is 11.8 Å². The fourth-order valence-electron chi connectivity index (χ4n) is 2.85. The zero-order chi connectivity index (χ0) is 15.4. The van der Waals surface area contributed by atoms with Gasteiger partial charge in [-0.3, -0.25) is 9.59 Å². The first-order valence-corrected chi connectivity index (χ1v) is 8.39. The third kappa shape index (κ3) is 3.67. The number of carbonyl (C=O) groups is 2. The van der Waals surface area contributed by atoms with Gasteiger partial charge in [-0.1, -0.05) is 12.8 Å². The van der Waals surface area contributed by atoms with Gasteiger partial charge < -0.3 is 10.6 Å². The maximum atomic E-state index is 12.0. The summed E-state index contributed by atoms with van der Waals surface area (Å²) in [6.45, 7) is 1.53. The van der Waals surface area contributed by atoms with Crippen molar-refractivity contribution in [2.75, 3.05) is 13.1 Å². The first kappa shape index (κ1) is 15.1. The summed E-state index contributed by atoms with van der Waals surface area (Å²) < 4.78 is 0. The van der Waals surface area contributed by atoms with Gasteiger partial charge in [0.2, 0.25) is 0 Å². The van der Waals surface area contributed by atoms with Crippen LogP contribution in [0.2, 0.25) is 0 Å². The van der Waals surface area contributed by atoms with Gasteiger partial charge in [-0.2, -0.15) is 0 Å². The molecular weight excluding hydrogens is 276 g/mol. The van der Waals surface area contributed by atoms with Crippen LogP contribution in [-0.4, -0.2) is 24.9 Å². The first-order chi connectivity index (χ1) is 10.7. The predicted octanol–water partition coefficient (Wildman–Crippen LogP) is 2.75. The Morgan fingerprint density at radius 2 is 1.14 bits per heavy atom. The Labute approximate surface area is 131 Å². The highest BCUT2D eigenvalue weighted by molar-refractivity contribution is 5.97. The summed E-state index contributed by atoms with van der Waals surface area (Å²) in [6.07, 6.45) is 7.46. The minimum atomic E-state index is -0.0478. The molecule has 1 aromatic carbocycles. The lowest BCUT2D eigenvalue weighted by Crippen LogP contribution is -2.33. The second-order valence-corrected chi connectivity index (χ2v) is 6.59. The molecule has 0 aliphatic heterocycles. The molecule has 0 aromatic heterocycles. The number of hydrogen-bond donors (Lipinski definition) is 2. The van der Waals surface area contributed by atoms with Crippen LogP contribution in [0, 0.1) is 11.8 Å². The summed E-state index contributed by atoms with van der Waals surface area (Å²) in [5, 5.41) is 5.93. The third-order valence-electron chi connectivity index (χ3n) is 4.96. The molecule has 4 nitrogen and oxygen atoms in total. The van der Waals surface area contributed by atoms with E-state index in [1.165, 1.54) is 38.5 Å². The van der Waals surface area contributed by atoms with E-state index in [1.807, 2.05) is 0 Å². The maximum Gasteiger partial charge on any atom is 0.251 e. The molecule has 2 fully saturated rings. The molecule has 1 aromatic rings. The largest absolute Gasteiger partial charge is 0.352 e.